The highest BCUT2D eigenvalue weighted by Crippen LogP contribution is 2.21. The Labute approximate surface area is 181 Å². The van der Waals surface area contributed by atoms with Gasteiger partial charge >= 0.3 is 0 Å². The van der Waals surface area contributed by atoms with E-state index in [1.807, 2.05) is 38.4 Å². The molecule has 0 unspecified atom stereocenters. The zero-order chi connectivity index (χ0) is 22.3. The molecular weight excluding hydrogens is 406 g/mol. The molecule has 1 fully saturated rings. The van der Waals surface area contributed by atoms with Gasteiger partial charge in [-0.15, -0.1) is 0 Å². The van der Waals surface area contributed by atoms with Crippen LogP contribution in [0, 0.1) is 11.6 Å². The van der Waals surface area contributed by atoms with E-state index in [0.29, 0.717) is 32.8 Å². The molecule has 31 heavy (non-hydrogen) atoms. The Kier molecular flexibility index (Phi) is 8.20. The zero-order valence-corrected chi connectivity index (χ0v) is 18.0. The van der Waals surface area contributed by atoms with Gasteiger partial charge in [-0.2, -0.15) is 0 Å². The summed E-state index contributed by atoms with van der Waals surface area (Å²) in [5, 5.41) is 11.0. The largest absolute Gasteiger partial charge is 0.492 e. The van der Waals surface area contributed by atoms with Gasteiger partial charge in [-0.05, 0) is 31.8 Å². The Morgan fingerprint density at radius 2 is 1.87 bits per heavy atom. The topological polar surface area (TPSA) is 54.4 Å². The van der Waals surface area contributed by atoms with Gasteiger partial charge in [-0.1, -0.05) is 12.1 Å². The molecule has 0 saturated carbocycles. The normalized spacial score (nSPS) is 19.9. The number of β-amino-alcohol motifs (C(OH)–C–C–N with tert-alkyl or cyclic N) is 1. The fourth-order valence-electron chi connectivity index (χ4n) is 3.39. The van der Waals surface area contributed by atoms with Crippen molar-refractivity contribution in [1.29, 1.82) is 0 Å². The van der Waals surface area contributed by atoms with Gasteiger partial charge in [0.2, 0.25) is 0 Å². The van der Waals surface area contributed by atoms with E-state index < -0.39 is 17.2 Å². The number of rotatable bonds is 9. The number of aliphatic hydroxyl groups is 1. The van der Waals surface area contributed by atoms with Crippen LogP contribution in [0.25, 0.3) is 0 Å². The highest BCUT2D eigenvalue weighted by atomic mass is 19.1. The van der Waals surface area contributed by atoms with Crippen molar-refractivity contribution in [2.45, 2.75) is 12.1 Å². The van der Waals surface area contributed by atoms with Crippen LogP contribution in [0.4, 0.5) is 8.78 Å². The summed E-state index contributed by atoms with van der Waals surface area (Å²) < 4.78 is 43.6. The minimum atomic E-state index is -1.31. The lowest BCUT2D eigenvalue weighted by Crippen LogP contribution is -2.48. The van der Waals surface area contributed by atoms with Gasteiger partial charge in [0, 0.05) is 44.4 Å². The van der Waals surface area contributed by atoms with Gasteiger partial charge in [-0.25, -0.2) is 8.78 Å². The molecule has 1 aliphatic heterocycles. The minimum absolute atomic E-state index is 0.0318. The van der Waals surface area contributed by atoms with Gasteiger partial charge < -0.3 is 24.2 Å². The molecule has 1 atom stereocenters. The quantitative estimate of drug-likeness (QED) is 0.652. The number of nitrogens with zero attached hydrogens (tertiary/aromatic N) is 2. The van der Waals surface area contributed by atoms with E-state index in [0.717, 1.165) is 36.1 Å². The van der Waals surface area contributed by atoms with Crippen molar-refractivity contribution in [1.82, 2.24) is 9.80 Å². The maximum atomic E-state index is 13.4. The molecule has 1 N–H and O–H groups in total. The van der Waals surface area contributed by atoms with E-state index in [-0.39, 0.29) is 19.0 Å². The van der Waals surface area contributed by atoms with Crippen molar-refractivity contribution in [3.05, 3.63) is 59.7 Å². The van der Waals surface area contributed by atoms with Crippen molar-refractivity contribution in [3.8, 4) is 11.5 Å². The summed E-state index contributed by atoms with van der Waals surface area (Å²) in [4.78, 5) is 4.13. The zero-order valence-electron chi connectivity index (χ0n) is 18.0. The van der Waals surface area contributed by atoms with Crippen molar-refractivity contribution >= 4 is 0 Å². The van der Waals surface area contributed by atoms with Crippen LogP contribution in [0.3, 0.4) is 0 Å². The maximum absolute atomic E-state index is 13.4. The average Bonchev–Trinajstić information content (AvgIpc) is 2.87. The number of benzene rings is 2. The third-order valence-electron chi connectivity index (χ3n) is 4.90. The Morgan fingerprint density at radius 3 is 2.61 bits per heavy atom. The lowest BCUT2D eigenvalue weighted by atomic mass is 10.1. The number of hydrogen-bond donors (Lipinski definition) is 1. The van der Waals surface area contributed by atoms with Crippen LogP contribution in [0.1, 0.15) is 5.56 Å². The van der Waals surface area contributed by atoms with Crippen molar-refractivity contribution in [2.24, 2.45) is 0 Å². The average molecular weight is 436 g/mol. The monoisotopic (exact) mass is 436 g/mol. The lowest BCUT2D eigenvalue weighted by molar-refractivity contribution is -0.0647. The molecule has 0 aromatic heterocycles. The predicted molar refractivity (Wildman–Crippen MR) is 113 cm³/mol. The summed E-state index contributed by atoms with van der Waals surface area (Å²) in [6.07, 6.45) is 0. The smallest absolute Gasteiger partial charge is 0.134 e. The van der Waals surface area contributed by atoms with Gasteiger partial charge in [0.15, 0.2) is 0 Å². The summed E-state index contributed by atoms with van der Waals surface area (Å²) in [6.45, 7) is 3.39. The Balaban J connectivity index is 1.59. The van der Waals surface area contributed by atoms with Crippen LogP contribution in [-0.2, 0) is 11.3 Å². The second kappa shape index (κ2) is 10.9. The molecule has 3 rings (SSSR count). The molecule has 8 heteroatoms. The van der Waals surface area contributed by atoms with Crippen LogP contribution in [-0.4, -0.2) is 80.7 Å². The van der Waals surface area contributed by atoms with Crippen LogP contribution < -0.4 is 9.47 Å². The minimum Gasteiger partial charge on any atom is -0.492 e. The second-order valence-electron chi connectivity index (χ2n) is 8.18. The molecule has 2 aromatic carbocycles. The first kappa shape index (κ1) is 23.4. The third kappa shape index (κ3) is 7.74. The second-order valence-corrected chi connectivity index (χ2v) is 8.18. The predicted octanol–water partition coefficient (Wildman–Crippen LogP) is 2.55. The fourth-order valence-corrected chi connectivity index (χ4v) is 3.39. The first-order valence-corrected chi connectivity index (χ1v) is 10.3. The third-order valence-corrected chi connectivity index (χ3v) is 4.90. The fraction of sp³-hybridized carbons (Fsp3) is 0.478. The van der Waals surface area contributed by atoms with E-state index in [9.17, 15) is 13.9 Å². The lowest BCUT2D eigenvalue weighted by Gasteiger charge is -2.30. The molecule has 2 aromatic rings. The SMILES string of the molecule is CN(C)CCOc1cccc(CN2CCOC[C@](O)(COc3cc(F)cc(F)c3)C2)c1. The number of ether oxygens (including phenoxy) is 3. The van der Waals surface area contributed by atoms with Crippen molar-refractivity contribution in [2.75, 3.05) is 60.2 Å². The molecule has 1 saturated heterocycles. The molecule has 0 bridgehead atoms. The van der Waals surface area contributed by atoms with Crippen molar-refractivity contribution in [3.63, 3.8) is 0 Å². The van der Waals surface area contributed by atoms with Crippen LogP contribution >= 0.6 is 0 Å². The molecule has 0 radical (unpaired) electrons. The maximum Gasteiger partial charge on any atom is 0.134 e. The van der Waals surface area contributed by atoms with E-state index in [4.69, 9.17) is 14.2 Å². The summed E-state index contributed by atoms with van der Waals surface area (Å²) in [6, 6.07) is 10.8. The van der Waals surface area contributed by atoms with Crippen LogP contribution in [0.15, 0.2) is 42.5 Å². The molecule has 170 valence electrons. The van der Waals surface area contributed by atoms with E-state index in [1.54, 1.807) is 0 Å². The Bertz CT molecular complexity index is 832. The summed E-state index contributed by atoms with van der Waals surface area (Å²) in [5.41, 5.74) is -0.251. The molecule has 6 nitrogen and oxygen atoms in total. The van der Waals surface area contributed by atoms with Crippen LogP contribution in [0.5, 0.6) is 11.5 Å². The van der Waals surface area contributed by atoms with E-state index in [2.05, 4.69) is 9.80 Å². The van der Waals surface area contributed by atoms with E-state index in [1.165, 1.54) is 0 Å². The Morgan fingerprint density at radius 1 is 1.10 bits per heavy atom. The molecule has 0 amide bonds. The Hall–Kier alpha value is -2.26. The number of likely N-dealkylation sites (N-methyl/N-ethyl adjacent to an activating group) is 1. The van der Waals surface area contributed by atoms with Gasteiger partial charge in [0.1, 0.15) is 41.9 Å². The summed E-state index contributed by atoms with van der Waals surface area (Å²) >= 11 is 0. The standard InChI is InChI=1S/C23H30F2N2O4/c1-26(2)6-9-30-21-5-3-4-18(10-21)14-27-7-8-29-16-23(28,15-27)17-31-22-12-19(24)11-20(25)13-22/h3-5,10-13,28H,6-9,14-17H2,1-2H3/t23-/m0/s1. The highest BCUT2D eigenvalue weighted by molar-refractivity contribution is 5.28. The summed E-state index contributed by atoms with van der Waals surface area (Å²) in [5.74, 6) is -0.622. The van der Waals surface area contributed by atoms with Gasteiger partial charge in [0.25, 0.3) is 0 Å². The molecule has 0 aliphatic carbocycles. The number of halogens is 2. The van der Waals surface area contributed by atoms with Gasteiger partial charge in [-0.3, -0.25) is 4.90 Å². The van der Waals surface area contributed by atoms with Crippen LogP contribution in [0.2, 0.25) is 0 Å². The van der Waals surface area contributed by atoms with Crippen molar-refractivity contribution < 1.29 is 28.1 Å². The van der Waals surface area contributed by atoms with Gasteiger partial charge in [0.05, 0.1) is 13.2 Å². The first-order chi connectivity index (χ1) is 14.8. The molecule has 1 heterocycles. The molecule has 0 spiro atoms. The first-order valence-electron chi connectivity index (χ1n) is 10.3. The molecule has 1 aliphatic rings. The number of hydrogen-bond acceptors (Lipinski definition) is 6. The highest BCUT2D eigenvalue weighted by Gasteiger charge is 2.33. The summed E-state index contributed by atoms with van der Waals surface area (Å²) in [7, 11) is 3.99. The molecular formula is C23H30F2N2O4. The van der Waals surface area contributed by atoms with E-state index >= 15 is 0 Å².